The minimum atomic E-state index is -0.450. The van der Waals surface area contributed by atoms with Gasteiger partial charge in [-0.1, -0.05) is 0 Å². The number of carbonyl (C=O) groups is 1. The molecule has 7 heteroatoms. The van der Waals surface area contributed by atoms with Crippen LogP contribution in [0.15, 0.2) is 29.2 Å². The highest BCUT2D eigenvalue weighted by Crippen LogP contribution is 2.21. The number of rotatable bonds is 6. The molecule has 1 rings (SSSR count). The fourth-order valence-electron chi connectivity index (χ4n) is 1.15. The second kappa shape index (κ2) is 6.21. The summed E-state index contributed by atoms with van der Waals surface area (Å²) in [6.07, 6.45) is 0. The Bertz CT molecular complexity index is 408. The Morgan fingerprint density at radius 3 is 2.53 bits per heavy atom. The van der Waals surface area contributed by atoms with Gasteiger partial charge in [-0.2, -0.15) is 0 Å². The molecule has 0 aliphatic heterocycles. The van der Waals surface area contributed by atoms with Crippen LogP contribution in [0, 0.1) is 10.1 Å². The Kier molecular flexibility index (Phi) is 4.92. The number of nitrogens with one attached hydrogen (secondary N) is 1. The predicted octanol–water partition coefficient (Wildman–Crippen LogP) is 0.760. The van der Waals surface area contributed by atoms with Gasteiger partial charge in [0.05, 0.1) is 11.0 Å². The smallest absolute Gasteiger partial charge is 0.269 e. The van der Waals surface area contributed by atoms with E-state index in [2.05, 4.69) is 5.32 Å². The summed E-state index contributed by atoms with van der Waals surface area (Å²) < 4.78 is 0. The van der Waals surface area contributed by atoms with Gasteiger partial charge in [-0.25, -0.2) is 0 Å². The number of nitrogens with zero attached hydrogens (tertiary/aromatic N) is 1. The summed E-state index contributed by atoms with van der Waals surface area (Å²) in [6.45, 7) is 0. The van der Waals surface area contributed by atoms with Crippen molar-refractivity contribution in [3.63, 3.8) is 0 Å². The summed E-state index contributed by atoms with van der Waals surface area (Å²) in [5.41, 5.74) is 5.22. The van der Waals surface area contributed by atoms with E-state index in [0.717, 1.165) is 4.90 Å². The molecule has 0 aliphatic rings. The van der Waals surface area contributed by atoms with Gasteiger partial charge in [-0.3, -0.25) is 14.9 Å². The number of likely N-dealkylation sites (N-methyl/N-ethyl adjacent to an activating group) is 1. The lowest BCUT2D eigenvalue weighted by Crippen LogP contribution is -2.41. The molecule has 1 aromatic carbocycles. The summed E-state index contributed by atoms with van der Waals surface area (Å²) in [4.78, 5) is 21.8. The summed E-state index contributed by atoms with van der Waals surface area (Å²) in [7, 11) is 1.66. The molecule has 6 nitrogen and oxygen atoms in total. The second-order valence-corrected chi connectivity index (χ2v) is 4.40. The molecule has 0 aliphatic carbocycles. The molecular weight excluding hydrogens is 242 g/mol. The van der Waals surface area contributed by atoms with E-state index in [1.165, 1.54) is 23.9 Å². The SMILES string of the molecule is CNC(CSc1ccc([N+](=O)[O-])cc1)C(N)=O. The van der Waals surface area contributed by atoms with Crippen molar-refractivity contribution in [3.8, 4) is 0 Å². The van der Waals surface area contributed by atoms with E-state index in [1.807, 2.05) is 0 Å². The van der Waals surface area contributed by atoms with Crippen molar-refractivity contribution in [1.29, 1.82) is 0 Å². The number of hydrogen-bond acceptors (Lipinski definition) is 5. The maximum atomic E-state index is 11.0. The summed E-state index contributed by atoms with van der Waals surface area (Å²) in [6, 6.07) is 5.75. The first-order chi connectivity index (χ1) is 8.04. The van der Waals surface area contributed by atoms with E-state index < -0.39 is 16.9 Å². The fraction of sp³-hybridized carbons (Fsp3) is 0.300. The summed E-state index contributed by atoms with van der Waals surface area (Å²) in [5.74, 6) is 0.0748. The molecule has 92 valence electrons. The van der Waals surface area contributed by atoms with Crippen molar-refractivity contribution < 1.29 is 9.72 Å². The first-order valence-electron chi connectivity index (χ1n) is 4.88. The van der Waals surface area contributed by atoms with Crippen molar-refractivity contribution in [3.05, 3.63) is 34.4 Å². The molecular formula is C10H13N3O3S. The van der Waals surface area contributed by atoms with Gasteiger partial charge in [-0.05, 0) is 19.2 Å². The number of carbonyl (C=O) groups excluding carboxylic acids is 1. The standard InChI is InChI=1S/C10H13N3O3S/c1-12-9(10(11)14)6-17-8-4-2-7(3-5-8)13(15)16/h2-5,9,12H,6H2,1H3,(H2,11,14). The van der Waals surface area contributed by atoms with Gasteiger partial charge in [0.25, 0.3) is 5.69 Å². The third-order valence-corrected chi connectivity index (χ3v) is 3.26. The Morgan fingerprint density at radius 1 is 1.53 bits per heavy atom. The van der Waals surface area contributed by atoms with Crippen LogP contribution in [0.2, 0.25) is 0 Å². The molecule has 0 radical (unpaired) electrons. The molecule has 0 fully saturated rings. The summed E-state index contributed by atoms with van der Waals surface area (Å²) >= 11 is 1.42. The van der Waals surface area contributed by atoms with Gasteiger partial charge in [-0.15, -0.1) is 11.8 Å². The van der Waals surface area contributed by atoms with E-state index in [9.17, 15) is 14.9 Å². The van der Waals surface area contributed by atoms with Gasteiger partial charge in [0.1, 0.15) is 0 Å². The van der Waals surface area contributed by atoms with Crippen LogP contribution in [-0.4, -0.2) is 29.7 Å². The Balaban J connectivity index is 2.58. The highest BCUT2D eigenvalue weighted by molar-refractivity contribution is 7.99. The number of thioether (sulfide) groups is 1. The third kappa shape index (κ3) is 4.04. The van der Waals surface area contributed by atoms with Crippen LogP contribution in [0.25, 0.3) is 0 Å². The Morgan fingerprint density at radius 2 is 2.12 bits per heavy atom. The van der Waals surface area contributed by atoms with Crippen LogP contribution in [-0.2, 0) is 4.79 Å². The maximum absolute atomic E-state index is 11.0. The Labute approximate surface area is 103 Å². The van der Waals surface area contributed by atoms with E-state index in [0.29, 0.717) is 5.75 Å². The van der Waals surface area contributed by atoms with Crippen LogP contribution in [0.5, 0.6) is 0 Å². The van der Waals surface area contributed by atoms with Crippen LogP contribution >= 0.6 is 11.8 Å². The molecule has 0 aromatic heterocycles. The van der Waals surface area contributed by atoms with Crippen LogP contribution < -0.4 is 11.1 Å². The van der Waals surface area contributed by atoms with Gasteiger partial charge in [0.2, 0.25) is 5.91 Å². The maximum Gasteiger partial charge on any atom is 0.269 e. The molecule has 0 heterocycles. The average Bonchev–Trinajstić information content (AvgIpc) is 2.30. The lowest BCUT2D eigenvalue weighted by Gasteiger charge is -2.11. The first kappa shape index (κ1) is 13.5. The van der Waals surface area contributed by atoms with Crippen molar-refractivity contribution in [1.82, 2.24) is 5.32 Å². The van der Waals surface area contributed by atoms with Crippen LogP contribution in [0.3, 0.4) is 0 Å². The lowest BCUT2D eigenvalue weighted by molar-refractivity contribution is -0.384. The molecule has 17 heavy (non-hydrogen) atoms. The number of nitrogens with two attached hydrogens (primary N) is 1. The van der Waals surface area contributed by atoms with E-state index in [4.69, 9.17) is 5.73 Å². The molecule has 1 atom stereocenters. The normalized spacial score (nSPS) is 12.1. The predicted molar refractivity (Wildman–Crippen MR) is 65.9 cm³/mol. The van der Waals surface area contributed by atoms with Gasteiger partial charge in [0, 0.05) is 22.8 Å². The fourth-order valence-corrected chi connectivity index (χ4v) is 2.17. The zero-order valence-corrected chi connectivity index (χ0v) is 10.1. The van der Waals surface area contributed by atoms with E-state index in [-0.39, 0.29) is 5.69 Å². The molecule has 1 unspecified atom stereocenters. The van der Waals surface area contributed by atoms with Crippen molar-refractivity contribution in [2.75, 3.05) is 12.8 Å². The zero-order valence-electron chi connectivity index (χ0n) is 9.25. The molecule has 0 saturated heterocycles. The number of non-ortho nitro benzene ring substituents is 1. The first-order valence-corrected chi connectivity index (χ1v) is 5.87. The van der Waals surface area contributed by atoms with E-state index >= 15 is 0 Å². The number of nitro groups is 1. The van der Waals surface area contributed by atoms with E-state index in [1.54, 1.807) is 19.2 Å². The number of nitro benzene ring substituents is 1. The largest absolute Gasteiger partial charge is 0.368 e. The molecule has 3 N–H and O–H groups in total. The minimum absolute atomic E-state index is 0.0504. The number of benzene rings is 1. The molecule has 0 saturated carbocycles. The van der Waals surface area contributed by atoms with Crippen molar-refractivity contribution >= 4 is 23.4 Å². The molecule has 1 amide bonds. The zero-order chi connectivity index (χ0) is 12.8. The number of amides is 1. The molecule has 1 aromatic rings. The third-order valence-electron chi connectivity index (χ3n) is 2.16. The van der Waals surface area contributed by atoms with Gasteiger partial charge >= 0.3 is 0 Å². The topological polar surface area (TPSA) is 98.3 Å². The molecule has 0 bridgehead atoms. The second-order valence-electron chi connectivity index (χ2n) is 3.31. The highest BCUT2D eigenvalue weighted by Gasteiger charge is 2.13. The average molecular weight is 255 g/mol. The lowest BCUT2D eigenvalue weighted by atomic mass is 10.3. The van der Waals surface area contributed by atoms with Gasteiger partial charge in [0.15, 0.2) is 0 Å². The number of hydrogen-bond donors (Lipinski definition) is 2. The molecule has 0 spiro atoms. The van der Waals surface area contributed by atoms with Crippen LogP contribution in [0.1, 0.15) is 0 Å². The number of primary amides is 1. The quantitative estimate of drug-likeness (QED) is 0.444. The Hall–Kier alpha value is -1.60. The summed E-state index contributed by atoms with van der Waals surface area (Å²) in [5, 5.41) is 13.2. The van der Waals surface area contributed by atoms with Gasteiger partial charge < -0.3 is 11.1 Å². The minimum Gasteiger partial charge on any atom is -0.368 e. The van der Waals surface area contributed by atoms with Crippen molar-refractivity contribution in [2.45, 2.75) is 10.9 Å². The highest BCUT2D eigenvalue weighted by atomic mass is 32.2. The monoisotopic (exact) mass is 255 g/mol. The van der Waals surface area contributed by atoms with Crippen molar-refractivity contribution in [2.24, 2.45) is 5.73 Å². The van der Waals surface area contributed by atoms with Crippen LogP contribution in [0.4, 0.5) is 5.69 Å².